The lowest BCUT2D eigenvalue weighted by atomic mass is 9.82. The molecule has 0 heterocycles. The van der Waals surface area contributed by atoms with E-state index in [0.717, 1.165) is 17.9 Å². The van der Waals surface area contributed by atoms with Crippen LogP contribution in [0.4, 0.5) is 57.1 Å². The second-order valence-corrected chi connectivity index (χ2v) is 16.7. The molecule has 2 aliphatic rings. The Morgan fingerprint density at radius 2 is 1.31 bits per heavy atom. The highest BCUT2D eigenvalue weighted by atomic mass is 32.2. The van der Waals surface area contributed by atoms with Crippen molar-refractivity contribution in [1.82, 2.24) is 0 Å². The maximum atomic E-state index is 15.7. The standard InChI is InChI=1S/C41H55F13O7S/c1-3-58-12-11-30-19-28(20-34(30)36(42,43)37(44,45)38(46,47)39(48,49)40(50,51)41(52,53)54)9-10-29-22-31(23-32(29)25-61-18-17-60-16-15-59-14-13-57-2)35(62-26-33(56)24-55)21-27-7-5-4-6-8-27/h4-12,28-35,55-56H,3,13-26H2,1-2H3/b10-9+,12-11-. The lowest BCUT2D eigenvalue weighted by Gasteiger charge is -2.42. The van der Waals surface area contributed by atoms with Crippen LogP contribution in [0.1, 0.15) is 38.2 Å². The first-order valence-electron chi connectivity index (χ1n) is 20.1. The molecule has 2 fully saturated rings. The molecule has 2 N–H and O–H groups in total. The van der Waals surface area contributed by atoms with Gasteiger partial charge in [-0.2, -0.15) is 68.8 Å². The van der Waals surface area contributed by atoms with E-state index in [1.54, 1.807) is 6.08 Å². The quantitative estimate of drug-likeness (QED) is 0.0372. The predicted octanol–water partition coefficient (Wildman–Crippen LogP) is 9.51. The van der Waals surface area contributed by atoms with E-state index in [1.807, 2.05) is 30.3 Å². The summed E-state index contributed by atoms with van der Waals surface area (Å²) in [6.07, 6.45) is -3.74. The predicted molar refractivity (Wildman–Crippen MR) is 204 cm³/mol. The monoisotopic (exact) mass is 938 g/mol. The van der Waals surface area contributed by atoms with E-state index in [9.17, 15) is 49.7 Å². The van der Waals surface area contributed by atoms with Crippen LogP contribution in [-0.2, 0) is 30.1 Å². The van der Waals surface area contributed by atoms with E-state index in [-0.39, 0.29) is 61.8 Å². The molecule has 0 spiro atoms. The van der Waals surface area contributed by atoms with Gasteiger partial charge in [-0.15, -0.1) is 0 Å². The Hall–Kier alpha value is -2.30. The third-order valence-electron chi connectivity index (χ3n) is 11.1. The molecule has 8 unspecified atom stereocenters. The topological polar surface area (TPSA) is 86.6 Å². The summed E-state index contributed by atoms with van der Waals surface area (Å²) in [6.45, 7) is 2.92. The first-order valence-corrected chi connectivity index (χ1v) is 21.1. The van der Waals surface area contributed by atoms with E-state index in [4.69, 9.17) is 23.7 Å². The molecule has 0 radical (unpaired) electrons. The van der Waals surface area contributed by atoms with Crippen molar-refractivity contribution in [2.24, 2.45) is 35.5 Å². The zero-order valence-corrected chi connectivity index (χ0v) is 35.0. The molecule has 8 atom stereocenters. The minimum atomic E-state index is -7.98. The van der Waals surface area contributed by atoms with Gasteiger partial charge in [-0.05, 0) is 80.3 Å². The Morgan fingerprint density at radius 1 is 0.710 bits per heavy atom. The fourth-order valence-corrected chi connectivity index (χ4v) is 9.09. The van der Waals surface area contributed by atoms with Crippen LogP contribution in [0.25, 0.3) is 0 Å². The molecule has 2 aliphatic carbocycles. The number of thioether (sulfide) groups is 1. The molecule has 2 saturated carbocycles. The van der Waals surface area contributed by atoms with E-state index in [0.29, 0.717) is 39.1 Å². The van der Waals surface area contributed by atoms with Gasteiger partial charge in [0, 0.05) is 24.0 Å². The average molecular weight is 939 g/mol. The number of allylic oxidation sites excluding steroid dienone is 3. The van der Waals surface area contributed by atoms with Crippen molar-refractivity contribution in [2.75, 3.05) is 72.3 Å². The molecule has 1 aromatic carbocycles. The third kappa shape index (κ3) is 13.4. The lowest BCUT2D eigenvalue weighted by Crippen LogP contribution is -2.71. The zero-order chi connectivity index (χ0) is 46.4. The third-order valence-corrected chi connectivity index (χ3v) is 12.7. The van der Waals surface area contributed by atoms with Crippen LogP contribution in [0.15, 0.2) is 54.8 Å². The van der Waals surface area contributed by atoms with E-state index >= 15 is 17.6 Å². The number of aliphatic hydroxyl groups excluding tert-OH is 2. The summed E-state index contributed by atoms with van der Waals surface area (Å²) in [4.78, 5) is 0. The van der Waals surface area contributed by atoms with Crippen LogP contribution in [0.2, 0.25) is 0 Å². The molecule has 62 heavy (non-hydrogen) atoms. The Morgan fingerprint density at radius 3 is 1.89 bits per heavy atom. The largest absolute Gasteiger partial charge is 0.502 e. The van der Waals surface area contributed by atoms with Gasteiger partial charge in [-0.3, -0.25) is 0 Å². The second kappa shape index (κ2) is 23.8. The van der Waals surface area contributed by atoms with Crippen LogP contribution in [0.3, 0.4) is 0 Å². The highest BCUT2D eigenvalue weighted by Gasteiger charge is 2.91. The molecule has 0 bridgehead atoms. The normalized spacial score (nSPS) is 24.4. The first-order chi connectivity index (χ1) is 29.0. The van der Waals surface area contributed by atoms with Gasteiger partial charge in [0.1, 0.15) is 0 Å². The van der Waals surface area contributed by atoms with Crippen molar-refractivity contribution in [3.05, 3.63) is 60.4 Å². The summed E-state index contributed by atoms with van der Waals surface area (Å²) in [5.74, 6) is -43.5. The molecule has 21 heteroatoms. The van der Waals surface area contributed by atoms with Crippen molar-refractivity contribution >= 4 is 11.8 Å². The van der Waals surface area contributed by atoms with Gasteiger partial charge >= 0.3 is 35.8 Å². The highest BCUT2D eigenvalue weighted by Crippen LogP contribution is 2.63. The summed E-state index contributed by atoms with van der Waals surface area (Å²) >= 11 is 1.45. The van der Waals surface area contributed by atoms with Crippen molar-refractivity contribution < 1.29 is 91.0 Å². The van der Waals surface area contributed by atoms with Crippen molar-refractivity contribution in [3.63, 3.8) is 0 Å². The van der Waals surface area contributed by atoms with Crippen LogP contribution < -0.4 is 0 Å². The van der Waals surface area contributed by atoms with Gasteiger partial charge in [0.25, 0.3) is 0 Å². The number of halogens is 13. The number of aliphatic hydroxyl groups is 2. The van der Waals surface area contributed by atoms with Crippen LogP contribution in [0.5, 0.6) is 0 Å². The van der Waals surface area contributed by atoms with Crippen LogP contribution >= 0.6 is 11.8 Å². The number of benzene rings is 1. The summed E-state index contributed by atoms with van der Waals surface area (Å²) in [6, 6.07) is 9.42. The Bertz CT molecular complexity index is 1500. The summed E-state index contributed by atoms with van der Waals surface area (Å²) < 4.78 is 211. The Kier molecular flexibility index (Phi) is 20.7. The van der Waals surface area contributed by atoms with E-state index in [1.165, 1.54) is 31.9 Å². The summed E-state index contributed by atoms with van der Waals surface area (Å²) in [7, 11) is 1.54. The molecule has 0 aromatic heterocycles. The fourth-order valence-electron chi connectivity index (χ4n) is 7.71. The van der Waals surface area contributed by atoms with Crippen molar-refractivity contribution in [2.45, 2.75) is 86.2 Å². The zero-order valence-electron chi connectivity index (χ0n) is 34.2. The molecule has 0 aliphatic heterocycles. The van der Waals surface area contributed by atoms with Gasteiger partial charge in [0.2, 0.25) is 0 Å². The molecule has 7 nitrogen and oxygen atoms in total. The molecular weight excluding hydrogens is 883 g/mol. The lowest BCUT2D eigenvalue weighted by molar-refractivity contribution is -0.443. The number of hydrogen-bond donors (Lipinski definition) is 2. The molecule has 1 aromatic rings. The minimum absolute atomic E-state index is 0.0465. The average Bonchev–Trinajstić information content (AvgIpc) is 3.83. The summed E-state index contributed by atoms with van der Waals surface area (Å²) in [5.41, 5.74) is 0.991. The summed E-state index contributed by atoms with van der Waals surface area (Å²) in [5, 5.41) is 19.5. The molecule has 0 saturated heterocycles. The van der Waals surface area contributed by atoms with Crippen LogP contribution in [-0.4, -0.2) is 130 Å². The number of rotatable bonds is 28. The first kappa shape index (κ1) is 54.0. The maximum absolute atomic E-state index is 15.7. The Labute approximate surface area is 356 Å². The fraction of sp³-hybridized carbons (Fsp3) is 0.756. The smallest absolute Gasteiger partial charge is 0.460 e. The molecule has 358 valence electrons. The van der Waals surface area contributed by atoms with Crippen molar-refractivity contribution in [1.29, 1.82) is 0 Å². The van der Waals surface area contributed by atoms with E-state index < -0.39 is 79.1 Å². The number of alkyl halides is 13. The number of ether oxygens (including phenoxy) is 5. The number of methoxy groups -OCH3 is 1. The number of hydrogen-bond acceptors (Lipinski definition) is 8. The van der Waals surface area contributed by atoms with Gasteiger partial charge in [-0.25, -0.2) is 0 Å². The van der Waals surface area contributed by atoms with E-state index in [2.05, 4.69) is 0 Å². The highest BCUT2D eigenvalue weighted by molar-refractivity contribution is 7.99. The SMILES string of the molecule is CCO/C=C\C1CC(/C=C/C2CC(C(Cc3ccccc3)SCC(O)CO)CC2COCCOCCOCCOC)CC1C(F)(F)C(F)(F)C(F)(F)C(F)(F)C(F)(F)C(F)(F)F. The second-order valence-electron chi connectivity index (χ2n) is 15.4. The molecule has 0 amide bonds. The molecule has 3 rings (SSSR count). The minimum Gasteiger partial charge on any atom is -0.502 e. The van der Waals surface area contributed by atoms with Gasteiger partial charge in [0.05, 0.1) is 71.8 Å². The Balaban J connectivity index is 1.89. The maximum Gasteiger partial charge on any atom is 0.460 e. The van der Waals surface area contributed by atoms with Crippen LogP contribution in [0, 0.1) is 35.5 Å². The van der Waals surface area contributed by atoms with Gasteiger partial charge in [-0.1, -0.05) is 42.5 Å². The van der Waals surface area contributed by atoms with Crippen molar-refractivity contribution in [3.8, 4) is 0 Å². The molecular formula is C41H55F13O7S. The van der Waals surface area contributed by atoms with Gasteiger partial charge < -0.3 is 33.9 Å². The van der Waals surface area contributed by atoms with Gasteiger partial charge in [0.15, 0.2) is 0 Å².